The van der Waals surface area contributed by atoms with Crippen LogP contribution in [0.15, 0.2) is 30.4 Å². The van der Waals surface area contributed by atoms with Crippen molar-refractivity contribution in [2.75, 3.05) is 6.61 Å². The van der Waals surface area contributed by atoms with Gasteiger partial charge in [-0.3, -0.25) is 0 Å². The molecule has 0 unspecified atom stereocenters. The number of hydrogen-bond donors (Lipinski definition) is 1. The molecule has 0 aliphatic rings. The molecule has 0 amide bonds. The highest BCUT2D eigenvalue weighted by Gasteiger charge is 2.11. The Hall–Kier alpha value is -1.28. The zero-order valence-corrected chi connectivity index (χ0v) is 13.0. The summed E-state index contributed by atoms with van der Waals surface area (Å²) in [6.07, 6.45) is 0.960. The molecule has 2 nitrogen and oxygen atoms in total. The van der Waals surface area contributed by atoms with E-state index in [9.17, 15) is 0 Å². The smallest absolute Gasteiger partial charge is 0.124 e. The van der Waals surface area contributed by atoms with Gasteiger partial charge >= 0.3 is 0 Å². The maximum Gasteiger partial charge on any atom is 0.124 e. The van der Waals surface area contributed by atoms with E-state index >= 15 is 0 Å². The molecule has 1 N–H and O–H groups in total. The predicted octanol–water partition coefficient (Wildman–Crippen LogP) is 4.23. The Morgan fingerprint density at radius 1 is 1.32 bits per heavy atom. The minimum absolute atomic E-state index is 0.105. The van der Waals surface area contributed by atoms with Crippen molar-refractivity contribution in [3.8, 4) is 5.75 Å². The molecular weight excluding hydrogens is 234 g/mol. The maximum atomic E-state index is 5.87. The molecule has 0 fully saturated rings. The molecule has 19 heavy (non-hydrogen) atoms. The summed E-state index contributed by atoms with van der Waals surface area (Å²) >= 11 is 0. The van der Waals surface area contributed by atoms with Crippen molar-refractivity contribution in [1.82, 2.24) is 5.32 Å². The van der Waals surface area contributed by atoms with E-state index in [0.29, 0.717) is 6.61 Å². The van der Waals surface area contributed by atoms with Gasteiger partial charge in [0.15, 0.2) is 0 Å². The fourth-order valence-electron chi connectivity index (χ4n) is 1.63. The lowest BCUT2D eigenvalue weighted by molar-refractivity contribution is 0.340. The van der Waals surface area contributed by atoms with Crippen LogP contribution in [0.2, 0.25) is 0 Å². The van der Waals surface area contributed by atoms with Gasteiger partial charge in [-0.1, -0.05) is 31.2 Å². The van der Waals surface area contributed by atoms with Crippen LogP contribution in [0.5, 0.6) is 5.75 Å². The van der Waals surface area contributed by atoms with Gasteiger partial charge in [0.2, 0.25) is 0 Å². The number of ether oxygens (including phenoxy) is 1. The van der Waals surface area contributed by atoms with E-state index in [2.05, 4.69) is 64.7 Å². The molecule has 0 saturated heterocycles. The first-order valence-electron chi connectivity index (χ1n) is 6.96. The van der Waals surface area contributed by atoms with E-state index in [0.717, 1.165) is 24.3 Å². The minimum Gasteiger partial charge on any atom is -0.489 e. The van der Waals surface area contributed by atoms with Crippen molar-refractivity contribution in [1.29, 1.82) is 0 Å². The second kappa shape index (κ2) is 6.76. The van der Waals surface area contributed by atoms with E-state index in [1.54, 1.807) is 0 Å². The highest BCUT2D eigenvalue weighted by Crippen LogP contribution is 2.21. The van der Waals surface area contributed by atoms with Crippen LogP contribution in [0.25, 0.3) is 0 Å². The van der Waals surface area contributed by atoms with Gasteiger partial charge in [0.1, 0.15) is 12.4 Å². The van der Waals surface area contributed by atoms with E-state index < -0.39 is 0 Å². The number of benzene rings is 1. The molecule has 0 heterocycles. The fraction of sp³-hybridized carbons (Fsp3) is 0.529. The molecule has 1 aromatic carbocycles. The Morgan fingerprint density at radius 2 is 2.00 bits per heavy atom. The number of nitrogens with one attached hydrogen (secondary N) is 1. The van der Waals surface area contributed by atoms with Crippen molar-refractivity contribution in [3.05, 3.63) is 41.5 Å². The molecule has 0 aromatic heterocycles. The van der Waals surface area contributed by atoms with Crippen LogP contribution < -0.4 is 10.1 Å². The fourth-order valence-corrected chi connectivity index (χ4v) is 1.63. The Balaban J connectivity index is 2.76. The number of aryl methyl sites for hydroxylation is 1. The number of rotatable bonds is 6. The molecule has 106 valence electrons. The molecular formula is C17H27NO. The summed E-state index contributed by atoms with van der Waals surface area (Å²) in [6.45, 7) is 16.1. The van der Waals surface area contributed by atoms with Gasteiger partial charge in [0.25, 0.3) is 0 Å². The van der Waals surface area contributed by atoms with Gasteiger partial charge in [-0.15, -0.1) is 0 Å². The Labute approximate surface area is 117 Å². The molecule has 0 spiro atoms. The van der Waals surface area contributed by atoms with E-state index in [4.69, 9.17) is 4.74 Å². The van der Waals surface area contributed by atoms with E-state index in [-0.39, 0.29) is 5.54 Å². The first-order valence-corrected chi connectivity index (χ1v) is 6.96. The SMILES string of the molecule is C=C(CC)COc1ccc(C)cc1CNC(C)(C)C. The van der Waals surface area contributed by atoms with Crippen molar-refractivity contribution in [2.24, 2.45) is 0 Å². The number of hydrogen-bond acceptors (Lipinski definition) is 2. The van der Waals surface area contributed by atoms with Crippen LogP contribution in [0.4, 0.5) is 0 Å². The van der Waals surface area contributed by atoms with Gasteiger partial charge < -0.3 is 10.1 Å². The summed E-state index contributed by atoms with van der Waals surface area (Å²) in [4.78, 5) is 0. The molecule has 0 atom stereocenters. The largest absolute Gasteiger partial charge is 0.489 e. The van der Waals surface area contributed by atoms with Crippen LogP contribution in [-0.4, -0.2) is 12.1 Å². The molecule has 1 aromatic rings. The van der Waals surface area contributed by atoms with Crippen LogP contribution in [0, 0.1) is 6.92 Å². The molecule has 1 rings (SSSR count). The molecule has 0 saturated carbocycles. The molecule has 2 heteroatoms. The maximum absolute atomic E-state index is 5.87. The van der Waals surface area contributed by atoms with E-state index in [1.807, 2.05) is 0 Å². The molecule has 0 radical (unpaired) electrons. The first-order chi connectivity index (χ1) is 8.81. The Morgan fingerprint density at radius 3 is 2.58 bits per heavy atom. The Kier molecular flexibility index (Phi) is 5.61. The lowest BCUT2D eigenvalue weighted by atomic mass is 10.1. The summed E-state index contributed by atoms with van der Waals surface area (Å²) < 4.78 is 5.87. The van der Waals surface area contributed by atoms with Crippen molar-refractivity contribution in [2.45, 2.75) is 53.1 Å². The van der Waals surface area contributed by atoms with Crippen molar-refractivity contribution in [3.63, 3.8) is 0 Å². The molecule has 0 bridgehead atoms. The van der Waals surface area contributed by atoms with Crippen LogP contribution >= 0.6 is 0 Å². The van der Waals surface area contributed by atoms with Gasteiger partial charge in [0.05, 0.1) is 0 Å². The second-order valence-electron chi connectivity index (χ2n) is 6.11. The summed E-state index contributed by atoms with van der Waals surface area (Å²) in [5.41, 5.74) is 3.69. The standard InChI is InChI=1S/C17H27NO/c1-7-13(2)12-19-16-9-8-14(3)10-15(16)11-18-17(4,5)6/h8-10,18H,2,7,11-12H2,1,3-6H3. The molecule has 0 aliphatic heterocycles. The molecule has 0 aliphatic carbocycles. The topological polar surface area (TPSA) is 21.3 Å². The summed E-state index contributed by atoms with van der Waals surface area (Å²) in [7, 11) is 0. The summed E-state index contributed by atoms with van der Waals surface area (Å²) in [6, 6.07) is 6.32. The van der Waals surface area contributed by atoms with Crippen LogP contribution in [0.1, 0.15) is 45.2 Å². The highest BCUT2D eigenvalue weighted by atomic mass is 16.5. The van der Waals surface area contributed by atoms with Gasteiger partial charge in [0, 0.05) is 17.6 Å². The van der Waals surface area contributed by atoms with Gasteiger partial charge in [-0.25, -0.2) is 0 Å². The Bertz CT molecular complexity index is 429. The highest BCUT2D eigenvalue weighted by molar-refractivity contribution is 5.37. The summed E-state index contributed by atoms with van der Waals surface area (Å²) in [5.74, 6) is 0.956. The third-order valence-electron chi connectivity index (χ3n) is 2.96. The zero-order chi connectivity index (χ0) is 14.5. The van der Waals surface area contributed by atoms with Crippen LogP contribution in [-0.2, 0) is 6.54 Å². The monoisotopic (exact) mass is 261 g/mol. The van der Waals surface area contributed by atoms with Crippen molar-refractivity contribution >= 4 is 0 Å². The normalized spacial score (nSPS) is 11.4. The van der Waals surface area contributed by atoms with Gasteiger partial charge in [-0.05, 0) is 45.8 Å². The van der Waals surface area contributed by atoms with E-state index in [1.165, 1.54) is 11.1 Å². The lowest BCUT2D eigenvalue weighted by Gasteiger charge is -2.22. The van der Waals surface area contributed by atoms with Crippen molar-refractivity contribution < 1.29 is 4.74 Å². The third-order valence-corrected chi connectivity index (χ3v) is 2.96. The van der Waals surface area contributed by atoms with Crippen LogP contribution in [0.3, 0.4) is 0 Å². The lowest BCUT2D eigenvalue weighted by Crippen LogP contribution is -2.35. The third kappa shape index (κ3) is 5.93. The minimum atomic E-state index is 0.105. The predicted molar refractivity (Wildman–Crippen MR) is 82.7 cm³/mol. The first kappa shape index (κ1) is 15.8. The summed E-state index contributed by atoms with van der Waals surface area (Å²) in [5, 5.41) is 3.50. The quantitative estimate of drug-likeness (QED) is 0.774. The average Bonchev–Trinajstić information content (AvgIpc) is 2.33. The second-order valence-corrected chi connectivity index (χ2v) is 6.11. The average molecular weight is 261 g/mol. The van der Waals surface area contributed by atoms with Gasteiger partial charge in [-0.2, -0.15) is 0 Å². The zero-order valence-electron chi connectivity index (χ0n) is 13.0.